The van der Waals surface area contributed by atoms with Crippen molar-refractivity contribution in [1.29, 1.82) is 0 Å². The zero-order valence-corrected chi connectivity index (χ0v) is 5.53. The van der Waals surface area contributed by atoms with Crippen LogP contribution in [-0.4, -0.2) is 4.98 Å². The van der Waals surface area contributed by atoms with Gasteiger partial charge in [0, 0.05) is 12.4 Å². The Morgan fingerprint density at radius 2 is 1.67 bits per heavy atom. The van der Waals surface area contributed by atoms with Crippen LogP contribution in [0.3, 0.4) is 0 Å². The molecule has 1 aromatic rings. The van der Waals surface area contributed by atoms with E-state index in [0.717, 1.165) is 0 Å². The highest BCUT2D eigenvalue weighted by Gasteiger charge is 1.89. The molecular weight excluding hydrogens is 134 g/mol. The first-order chi connectivity index (χ1) is 4.22. The van der Waals surface area contributed by atoms with Crippen molar-refractivity contribution in [2.24, 2.45) is 0 Å². The van der Waals surface area contributed by atoms with Crippen LogP contribution in [0.4, 0.5) is 11.4 Å². The van der Waals surface area contributed by atoms with Gasteiger partial charge in [-0.15, -0.1) is 0 Å². The first-order valence-electron chi connectivity index (χ1n) is 2.44. The predicted octanol–water partition coefficient (Wildman–Crippen LogP) is 0.909. The fourth-order valence-corrected chi connectivity index (χ4v) is 0.637. The van der Waals surface area contributed by atoms with Crippen LogP contribution in [0.2, 0.25) is 0 Å². The topological polar surface area (TPSA) is 67.8 Å². The molecule has 0 aliphatic carbocycles. The summed E-state index contributed by atoms with van der Waals surface area (Å²) in [5.74, 6) is 0. The lowest BCUT2D eigenvalue weighted by Gasteiger charge is -1.94. The molecular formula is C5H7N3S. The molecule has 5 N–H and O–H groups in total. The number of nitrogen functional groups attached to an aromatic ring is 2. The summed E-state index contributed by atoms with van der Waals surface area (Å²) < 4.78 is 0.522. The van der Waals surface area contributed by atoms with Gasteiger partial charge in [-0.3, -0.25) is 0 Å². The van der Waals surface area contributed by atoms with Gasteiger partial charge < -0.3 is 16.5 Å². The molecule has 0 aromatic carbocycles. The van der Waals surface area contributed by atoms with Crippen molar-refractivity contribution in [2.45, 2.75) is 0 Å². The number of rotatable bonds is 0. The molecule has 0 bridgehead atoms. The van der Waals surface area contributed by atoms with Gasteiger partial charge in [0.1, 0.15) is 0 Å². The fourth-order valence-electron chi connectivity index (χ4n) is 0.519. The van der Waals surface area contributed by atoms with E-state index in [9.17, 15) is 0 Å². The number of nitrogens with two attached hydrogens (primary N) is 2. The van der Waals surface area contributed by atoms with Gasteiger partial charge in [-0.1, -0.05) is 12.2 Å². The Balaban J connectivity index is 3.43. The second-order valence-corrected chi connectivity index (χ2v) is 2.10. The number of anilines is 2. The lowest BCUT2D eigenvalue weighted by atomic mass is 10.4. The highest BCUT2D eigenvalue weighted by molar-refractivity contribution is 7.71. The van der Waals surface area contributed by atoms with E-state index in [1.807, 2.05) is 0 Å². The molecule has 1 aromatic heterocycles. The Hall–Kier alpha value is -1.03. The van der Waals surface area contributed by atoms with Gasteiger partial charge in [0.25, 0.3) is 0 Å². The molecule has 4 heteroatoms. The molecule has 1 rings (SSSR count). The predicted molar refractivity (Wildman–Crippen MR) is 40.5 cm³/mol. The summed E-state index contributed by atoms with van der Waals surface area (Å²) in [6.07, 6.45) is 3.22. The molecule has 1 heterocycles. The molecule has 0 amide bonds. The average Bonchev–Trinajstić information content (AvgIpc) is 1.83. The molecule has 0 aliphatic rings. The Kier molecular flexibility index (Phi) is 1.40. The number of aromatic nitrogens is 1. The number of aromatic amines is 1. The normalized spacial score (nSPS) is 9.33. The van der Waals surface area contributed by atoms with Crippen molar-refractivity contribution in [3.63, 3.8) is 0 Å². The van der Waals surface area contributed by atoms with Crippen molar-refractivity contribution in [3.8, 4) is 0 Å². The summed E-state index contributed by atoms with van der Waals surface area (Å²) in [5, 5.41) is 0. The molecule has 0 atom stereocenters. The maximum Gasteiger partial charge on any atom is 0.0865 e. The zero-order valence-electron chi connectivity index (χ0n) is 4.72. The summed E-state index contributed by atoms with van der Waals surface area (Å²) >= 11 is 4.82. The van der Waals surface area contributed by atoms with Crippen molar-refractivity contribution >= 4 is 23.6 Å². The monoisotopic (exact) mass is 141 g/mol. The Bertz CT molecular complexity index is 242. The molecule has 0 radical (unpaired) electrons. The van der Waals surface area contributed by atoms with Crippen molar-refractivity contribution < 1.29 is 0 Å². The second-order valence-electron chi connectivity index (χ2n) is 1.70. The van der Waals surface area contributed by atoms with Gasteiger partial charge in [-0.05, 0) is 0 Å². The maximum atomic E-state index is 5.41. The SMILES string of the molecule is Nc1c[nH]cc(N)c1=S. The van der Waals surface area contributed by atoms with E-state index in [1.54, 1.807) is 12.4 Å². The number of pyridine rings is 1. The fraction of sp³-hybridized carbons (Fsp3) is 0. The highest BCUT2D eigenvalue weighted by atomic mass is 32.1. The van der Waals surface area contributed by atoms with E-state index in [1.165, 1.54) is 0 Å². The summed E-state index contributed by atoms with van der Waals surface area (Å²) in [6, 6.07) is 0. The number of H-pyrrole nitrogens is 1. The van der Waals surface area contributed by atoms with Gasteiger partial charge >= 0.3 is 0 Å². The Labute approximate surface area is 57.7 Å². The number of nitrogens with one attached hydrogen (secondary N) is 1. The lowest BCUT2D eigenvalue weighted by molar-refractivity contribution is 1.33. The minimum atomic E-state index is 0.519. The van der Waals surface area contributed by atoms with Crippen LogP contribution < -0.4 is 11.5 Å². The van der Waals surface area contributed by atoms with E-state index < -0.39 is 0 Å². The van der Waals surface area contributed by atoms with Crippen LogP contribution in [0, 0.1) is 4.51 Å². The minimum absolute atomic E-state index is 0.519. The first kappa shape index (κ1) is 6.10. The van der Waals surface area contributed by atoms with Gasteiger partial charge in [0.15, 0.2) is 0 Å². The zero-order chi connectivity index (χ0) is 6.85. The lowest BCUT2D eigenvalue weighted by Crippen LogP contribution is -1.92. The van der Waals surface area contributed by atoms with E-state index >= 15 is 0 Å². The van der Waals surface area contributed by atoms with Crippen LogP contribution in [0.15, 0.2) is 12.4 Å². The van der Waals surface area contributed by atoms with E-state index in [0.29, 0.717) is 15.9 Å². The van der Waals surface area contributed by atoms with Crippen molar-refractivity contribution in [2.75, 3.05) is 11.5 Å². The summed E-state index contributed by atoms with van der Waals surface area (Å²) in [5.41, 5.74) is 11.8. The van der Waals surface area contributed by atoms with Gasteiger partial charge in [-0.25, -0.2) is 0 Å². The van der Waals surface area contributed by atoms with Crippen LogP contribution in [-0.2, 0) is 0 Å². The third kappa shape index (κ3) is 1.02. The average molecular weight is 141 g/mol. The summed E-state index contributed by atoms with van der Waals surface area (Å²) in [7, 11) is 0. The third-order valence-electron chi connectivity index (χ3n) is 1.00. The Morgan fingerprint density at radius 1 is 1.22 bits per heavy atom. The summed E-state index contributed by atoms with van der Waals surface area (Å²) in [6.45, 7) is 0. The highest BCUT2D eigenvalue weighted by Crippen LogP contribution is 2.08. The largest absolute Gasteiger partial charge is 0.396 e. The third-order valence-corrected chi connectivity index (χ3v) is 1.47. The van der Waals surface area contributed by atoms with Crippen LogP contribution in [0.1, 0.15) is 0 Å². The van der Waals surface area contributed by atoms with Crippen LogP contribution in [0.25, 0.3) is 0 Å². The summed E-state index contributed by atoms with van der Waals surface area (Å²) in [4.78, 5) is 2.75. The smallest absolute Gasteiger partial charge is 0.0865 e. The van der Waals surface area contributed by atoms with E-state index in [-0.39, 0.29) is 0 Å². The van der Waals surface area contributed by atoms with Crippen LogP contribution >= 0.6 is 12.2 Å². The van der Waals surface area contributed by atoms with Gasteiger partial charge in [-0.2, -0.15) is 0 Å². The number of hydrogen-bond donors (Lipinski definition) is 3. The molecule has 48 valence electrons. The van der Waals surface area contributed by atoms with Crippen LogP contribution in [0.5, 0.6) is 0 Å². The maximum absolute atomic E-state index is 5.41. The molecule has 0 fully saturated rings. The molecule has 0 saturated heterocycles. The molecule has 3 nitrogen and oxygen atoms in total. The molecule has 0 spiro atoms. The number of hydrogen-bond acceptors (Lipinski definition) is 3. The van der Waals surface area contributed by atoms with Crippen molar-refractivity contribution in [3.05, 3.63) is 16.9 Å². The molecule has 0 unspecified atom stereocenters. The van der Waals surface area contributed by atoms with Gasteiger partial charge in [0.05, 0.1) is 15.9 Å². The second kappa shape index (κ2) is 2.06. The van der Waals surface area contributed by atoms with Crippen molar-refractivity contribution in [1.82, 2.24) is 4.98 Å². The standard InChI is InChI=1S/C5H7N3S/c6-3-1-8-2-4(7)5(3)9/h1-2H,6-7H2,(H,8,9). The Morgan fingerprint density at radius 3 is 2.00 bits per heavy atom. The molecule has 9 heavy (non-hydrogen) atoms. The van der Waals surface area contributed by atoms with E-state index in [2.05, 4.69) is 4.98 Å². The van der Waals surface area contributed by atoms with E-state index in [4.69, 9.17) is 23.7 Å². The quantitative estimate of drug-likeness (QED) is 0.470. The minimum Gasteiger partial charge on any atom is -0.396 e. The first-order valence-corrected chi connectivity index (χ1v) is 2.84. The molecule has 0 saturated carbocycles. The molecule has 0 aliphatic heterocycles. The van der Waals surface area contributed by atoms with Gasteiger partial charge in [0.2, 0.25) is 0 Å².